The summed E-state index contributed by atoms with van der Waals surface area (Å²) in [7, 11) is 1.51. The van der Waals surface area contributed by atoms with Gasteiger partial charge in [-0.15, -0.1) is 5.10 Å². The summed E-state index contributed by atoms with van der Waals surface area (Å²) in [6.45, 7) is -0.0185. The maximum absolute atomic E-state index is 10.3. The predicted octanol–water partition coefficient (Wildman–Crippen LogP) is 0.636. The lowest BCUT2D eigenvalue weighted by Crippen LogP contribution is -2.11. The van der Waals surface area contributed by atoms with Crippen LogP contribution in [0.1, 0.15) is 18.2 Å². The Hall–Kier alpha value is -1.73. The molecule has 0 aromatic carbocycles. The van der Waals surface area contributed by atoms with E-state index in [-0.39, 0.29) is 18.5 Å². The maximum atomic E-state index is 10.3. The number of amides is 1. The van der Waals surface area contributed by atoms with Gasteiger partial charge in [-0.2, -0.15) is 5.10 Å². The minimum Gasteiger partial charge on any atom is -0.465 e. The smallest absolute Gasteiger partial charge is 0.410 e. The molecule has 0 saturated carbocycles. The molecule has 0 aliphatic rings. The number of aromatic nitrogens is 2. The summed E-state index contributed by atoms with van der Waals surface area (Å²) in [6.07, 6.45) is -1.12. The zero-order valence-electron chi connectivity index (χ0n) is 8.75. The molecule has 7 heteroatoms. The first kappa shape index (κ1) is 12.3. The van der Waals surface area contributed by atoms with E-state index < -0.39 is 6.09 Å². The van der Waals surface area contributed by atoms with E-state index >= 15 is 0 Å². The van der Waals surface area contributed by atoms with Gasteiger partial charge < -0.3 is 14.9 Å². The fourth-order valence-electron chi connectivity index (χ4n) is 1.19. The van der Waals surface area contributed by atoms with Crippen molar-refractivity contribution in [2.75, 3.05) is 19.0 Å². The van der Waals surface area contributed by atoms with Crippen molar-refractivity contribution < 1.29 is 19.7 Å². The van der Waals surface area contributed by atoms with E-state index in [1.807, 2.05) is 0 Å². The van der Waals surface area contributed by atoms with Crippen molar-refractivity contribution in [3.63, 3.8) is 0 Å². The highest BCUT2D eigenvalue weighted by Gasteiger charge is 2.12. The molecule has 88 valence electrons. The molecule has 16 heavy (non-hydrogen) atoms. The number of nitrogens with one attached hydrogen (secondary N) is 1. The molecule has 0 bridgehead atoms. The van der Waals surface area contributed by atoms with Gasteiger partial charge in [-0.1, -0.05) is 0 Å². The zero-order chi connectivity index (χ0) is 12.0. The second-order valence-electron chi connectivity index (χ2n) is 3.01. The lowest BCUT2D eigenvalue weighted by molar-refractivity contribution is 0.0737. The monoisotopic (exact) mass is 227 g/mol. The van der Waals surface area contributed by atoms with E-state index in [4.69, 9.17) is 14.9 Å². The minimum absolute atomic E-state index is 0.0185. The van der Waals surface area contributed by atoms with Crippen molar-refractivity contribution in [3.8, 4) is 0 Å². The SMILES string of the molecule is COC(CCO)c1ccc(NC(=O)O)nn1. The standard InChI is InChI=1S/C9H13N3O4/c1-16-7(4-5-13)6-2-3-8(12-11-6)10-9(14)15/h2-3,7,13H,4-5H2,1H3,(H,10,12)(H,14,15). The summed E-state index contributed by atoms with van der Waals surface area (Å²) in [4.78, 5) is 10.3. The number of hydrogen-bond acceptors (Lipinski definition) is 5. The lowest BCUT2D eigenvalue weighted by atomic mass is 10.2. The number of aliphatic hydroxyl groups excluding tert-OH is 1. The summed E-state index contributed by atoms with van der Waals surface area (Å²) < 4.78 is 5.10. The van der Waals surface area contributed by atoms with Crippen molar-refractivity contribution in [1.82, 2.24) is 10.2 Å². The summed E-state index contributed by atoms with van der Waals surface area (Å²) >= 11 is 0. The van der Waals surface area contributed by atoms with Gasteiger partial charge in [-0.3, -0.25) is 5.32 Å². The average molecular weight is 227 g/mol. The third kappa shape index (κ3) is 3.44. The topological polar surface area (TPSA) is 105 Å². The normalized spacial score (nSPS) is 12.1. The van der Waals surface area contributed by atoms with Gasteiger partial charge in [0.2, 0.25) is 0 Å². The van der Waals surface area contributed by atoms with E-state index in [9.17, 15) is 4.79 Å². The fourth-order valence-corrected chi connectivity index (χ4v) is 1.19. The van der Waals surface area contributed by atoms with Gasteiger partial charge in [0.25, 0.3) is 0 Å². The summed E-state index contributed by atoms with van der Waals surface area (Å²) in [5, 5.41) is 26.8. The Kier molecular flexibility index (Phi) is 4.62. The Morgan fingerprint density at radius 1 is 1.56 bits per heavy atom. The largest absolute Gasteiger partial charge is 0.465 e. The van der Waals surface area contributed by atoms with E-state index in [1.165, 1.54) is 13.2 Å². The number of aliphatic hydroxyl groups is 1. The Labute approximate surface area is 92.1 Å². The van der Waals surface area contributed by atoms with Gasteiger partial charge in [0.1, 0.15) is 6.10 Å². The molecule has 1 atom stereocenters. The van der Waals surface area contributed by atoms with Crippen LogP contribution in [0.15, 0.2) is 12.1 Å². The molecular formula is C9H13N3O4. The Morgan fingerprint density at radius 3 is 2.75 bits per heavy atom. The fraction of sp³-hybridized carbons (Fsp3) is 0.444. The molecule has 0 aliphatic carbocycles. The molecule has 1 unspecified atom stereocenters. The molecule has 1 aromatic rings. The predicted molar refractivity (Wildman–Crippen MR) is 55.1 cm³/mol. The summed E-state index contributed by atoms with van der Waals surface area (Å²) in [6, 6.07) is 3.09. The molecule has 1 rings (SSSR count). The molecule has 1 heterocycles. The average Bonchev–Trinajstić information content (AvgIpc) is 2.26. The van der Waals surface area contributed by atoms with E-state index in [0.29, 0.717) is 12.1 Å². The molecule has 3 N–H and O–H groups in total. The van der Waals surface area contributed by atoms with Gasteiger partial charge in [-0.25, -0.2) is 4.79 Å². The van der Waals surface area contributed by atoms with Crippen LogP contribution in [-0.4, -0.2) is 40.2 Å². The number of methoxy groups -OCH3 is 1. The summed E-state index contributed by atoms with van der Waals surface area (Å²) in [5.74, 6) is 0.148. The number of carboxylic acid groups (broad SMARTS) is 1. The van der Waals surface area contributed by atoms with E-state index in [0.717, 1.165) is 0 Å². The Balaban J connectivity index is 2.72. The molecule has 0 spiro atoms. The number of rotatable bonds is 5. The van der Waals surface area contributed by atoms with Crippen LogP contribution in [0.4, 0.5) is 10.6 Å². The molecule has 0 saturated heterocycles. The van der Waals surface area contributed by atoms with Gasteiger partial charge in [0.05, 0.1) is 5.69 Å². The number of ether oxygens (including phenoxy) is 1. The Bertz CT molecular complexity index is 341. The quantitative estimate of drug-likeness (QED) is 0.681. The highest BCUT2D eigenvalue weighted by atomic mass is 16.5. The molecule has 0 radical (unpaired) electrons. The van der Waals surface area contributed by atoms with E-state index in [2.05, 4.69) is 15.5 Å². The number of anilines is 1. The van der Waals surface area contributed by atoms with Gasteiger partial charge in [0.15, 0.2) is 5.82 Å². The maximum Gasteiger partial charge on any atom is 0.410 e. The number of hydrogen-bond donors (Lipinski definition) is 3. The Morgan fingerprint density at radius 2 is 2.31 bits per heavy atom. The van der Waals surface area contributed by atoms with Gasteiger partial charge in [-0.05, 0) is 12.1 Å². The first-order chi connectivity index (χ1) is 7.67. The van der Waals surface area contributed by atoms with Crippen LogP contribution in [0.3, 0.4) is 0 Å². The molecule has 0 fully saturated rings. The highest BCUT2D eigenvalue weighted by Crippen LogP contribution is 2.17. The minimum atomic E-state index is -1.19. The van der Waals surface area contributed by atoms with Crippen LogP contribution < -0.4 is 5.32 Å². The lowest BCUT2D eigenvalue weighted by Gasteiger charge is -2.12. The second-order valence-corrected chi connectivity index (χ2v) is 3.01. The van der Waals surface area contributed by atoms with Crippen molar-refractivity contribution in [2.45, 2.75) is 12.5 Å². The van der Waals surface area contributed by atoms with Crippen molar-refractivity contribution in [1.29, 1.82) is 0 Å². The van der Waals surface area contributed by atoms with Crippen LogP contribution in [0, 0.1) is 0 Å². The van der Waals surface area contributed by atoms with Gasteiger partial charge in [0, 0.05) is 20.1 Å². The first-order valence-electron chi connectivity index (χ1n) is 4.64. The third-order valence-electron chi connectivity index (χ3n) is 1.93. The van der Waals surface area contributed by atoms with Crippen LogP contribution in [-0.2, 0) is 4.74 Å². The molecule has 0 aliphatic heterocycles. The van der Waals surface area contributed by atoms with Crippen molar-refractivity contribution in [2.24, 2.45) is 0 Å². The number of nitrogens with zero attached hydrogens (tertiary/aromatic N) is 2. The highest BCUT2D eigenvalue weighted by molar-refractivity contribution is 5.81. The molecule has 7 nitrogen and oxygen atoms in total. The van der Waals surface area contributed by atoms with Crippen LogP contribution >= 0.6 is 0 Å². The number of carbonyl (C=O) groups is 1. The zero-order valence-corrected chi connectivity index (χ0v) is 8.75. The second kappa shape index (κ2) is 5.99. The van der Waals surface area contributed by atoms with Crippen molar-refractivity contribution in [3.05, 3.63) is 17.8 Å². The van der Waals surface area contributed by atoms with E-state index in [1.54, 1.807) is 6.07 Å². The first-order valence-corrected chi connectivity index (χ1v) is 4.64. The van der Waals surface area contributed by atoms with Gasteiger partial charge >= 0.3 is 6.09 Å². The van der Waals surface area contributed by atoms with Crippen LogP contribution in [0.5, 0.6) is 0 Å². The molecular weight excluding hydrogens is 214 g/mol. The molecule has 1 aromatic heterocycles. The third-order valence-corrected chi connectivity index (χ3v) is 1.93. The van der Waals surface area contributed by atoms with Crippen molar-refractivity contribution >= 4 is 11.9 Å². The molecule has 1 amide bonds. The van der Waals surface area contributed by atoms with Crippen LogP contribution in [0.2, 0.25) is 0 Å². The summed E-state index contributed by atoms with van der Waals surface area (Å²) in [5.41, 5.74) is 0.549. The van der Waals surface area contributed by atoms with Crippen LogP contribution in [0.25, 0.3) is 0 Å².